The number of hydrogen-bond donors (Lipinski definition) is 1. The summed E-state index contributed by atoms with van der Waals surface area (Å²) in [6, 6.07) is 0. The number of nitrogens with zero attached hydrogens (tertiary/aromatic N) is 2. The fraction of sp³-hybridized carbons (Fsp3) is 0.375. The number of rotatable bonds is 2. The number of aromatic nitrogens is 2. The fourth-order valence-corrected chi connectivity index (χ4v) is 1.36. The predicted octanol–water partition coefficient (Wildman–Crippen LogP) is 1.25. The molecule has 68 valence electrons. The summed E-state index contributed by atoms with van der Waals surface area (Å²) in [4.78, 5) is 18.6. The van der Waals surface area contributed by atoms with Crippen molar-refractivity contribution in [2.24, 2.45) is 0 Å². The second-order valence-electron chi connectivity index (χ2n) is 3.11. The number of hydrogen-bond acceptors (Lipinski definition) is 3. The summed E-state index contributed by atoms with van der Waals surface area (Å²) in [5.74, 6) is -0.830. The van der Waals surface area contributed by atoms with E-state index in [9.17, 15) is 4.79 Å². The summed E-state index contributed by atoms with van der Waals surface area (Å²) in [6.45, 7) is 0. The van der Waals surface area contributed by atoms with E-state index < -0.39 is 11.4 Å². The van der Waals surface area contributed by atoms with Crippen LogP contribution in [-0.4, -0.2) is 21.0 Å². The van der Waals surface area contributed by atoms with E-state index in [0.29, 0.717) is 18.5 Å². The van der Waals surface area contributed by atoms with Crippen LogP contribution in [0.1, 0.15) is 18.5 Å². The topological polar surface area (TPSA) is 63.1 Å². The Morgan fingerprint density at radius 3 is 2.54 bits per heavy atom. The van der Waals surface area contributed by atoms with Gasteiger partial charge in [-0.3, -0.25) is 9.78 Å². The zero-order valence-corrected chi connectivity index (χ0v) is 7.45. The van der Waals surface area contributed by atoms with Gasteiger partial charge in [-0.15, -0.1) is 0 Å². The first-order chi connectivity index (χ1) is 6.15. The zero-order chi connectivity index (χ0) is 9.47. The van der Waals surface area contributed by atoms with E-state index in [2.05, 4.69) is 9.97 Å². The molecule has 1 aliphatic rings. The number of carboxylic acids is 1. The van der Waals surface area contributed by atoms with Crippen molar-refractivity contribution in [1.29, 1.82) is 0 Å². The third-order valence-electron chi connectivity index (χ3n) is 2.27. The van der Waals surface area contributed by atoms with Gasteiger partial charge in [0.25, 0.3) is 0 Å². The van der Waals surface area contributed by atoms with Gasteiger partial charge in [-0.25, -0.2) is 4.98 Å². The van der Waals surface area contributed by atoms with Crippen LogP contribution in [0.2, 0.25) is 5.15 Å². The van der Waals surface area contributed by atoms with Gasteiger partial charge in [0, 0.05) is 0 Å². The van der Waals surface area contributed by atoms with Crippen molar-refractivity contribution in [3.63, 3.8) is 0 Å². The Morgan fingerprint density at radius 2 is 2.15 bits per heavy atom. The van der Waals surface area contributed by atoms with Gasteiger partial charge in [-0.05, 0) is 12.8 Å². The predicted molar refractivity (Wildman–Crippen MR) is 45.6 cm³/mol. The highest BCUT2D eigenvalue weighted by molar-refractivity contribution is 6.29. The Hall–Kier alpha value is -1.16. The molecular weight excluding hydrogens is 192 g/mol. The molecule has 1 fully saturated rings. The first-order valence-electron chi connectivity index (χ1n) is 3.86. The Labute approximate surface area is 79.6 Å². The molecule has 4 nitrogen and oxygen atoms in total. The Balaban J connectivity index is 2.36. The minimum absolute atomic E-state index is 0.282. The molecule has 1 heterocycles. The molecule has 0 spiro atoms. The minimum atomic E-state index is -0.830. The molecule has 1 aromatic heterocycles. The number of aliphatic carboxylic acids is 1. The summed E-state index contributed by atoms with van der Waals surface area (Å²) < 4.78 is 0. The molecule has 1 aromatic rings. The summed E-state index contributed by atoms with van der Waals surface area (Å²) >= 11 is 5.54. The van der Waals surface area contributed by atoms with Gasteiger partial charge in [0.05, 0.1) is 18.1 Å². The van der Waals surface area contributed by atoms with E-state index in [1.807, 2.05) is 0 Å². The van der Waals surface area contributed by atoms with Crippen molar-refractivity contribution < 1.29 is 9.90 Å². The molecule has 0 aliphatic heterocycles. The van der Waals surface area contributed by atoms with Crippen LogP contribution in [0, 0.1) is 0 Å². The highest BCUT2D eigenvalue weighted by Gasteiger charge is 2.53. The molecule has 1 N–H and O–H groups in total. The van der Waals surface area contributed by atoms with Gasteiger partial charge in [0.2, 0.25) is 0 Å². The SMILES string of the molecule is O=C(O)C1(c2cnc(Cl)cn2)CC1. The molecule has 0 aromatic carbocycles. The largest absolute Gasteiger partial charge is 0.481 e. The minimum Gasteiger partial charge on any atom is -0.481 e. The van der Waals surface area contributed by atoms with E-state index in [0.717, 1.165) is 0 Å². The maximum atomic E-state index is 10.9. The molecule has 0 saturated heterocycles. The summed E-state index contributed by atoms with van der Waals surface area (Å²) in [5.41, 5.74) is -0.276. The van der Waals surface area contributed by atoms with Crippen molar-refractivity contribution in [2.75, 3.05) is 0 Å². The van der Waals surface area contributed by atoms with Crippen LogP contribution in [0.25, 0.3) is 0 Å². The van der Waals surface area contributed by atoms with Gasteiger partial charge in [0.1, 0.15) is 10.6 Å². The molecular formula is C8H7ClN2O2. The van der Waals surface area contributed by atoms with Gasteiger partial charge >= 0.3 is 5.97 Å². The molecule has 5 heteroatoms. The van der Waals surface area contributed by atoms with Crippen LogP contribution >= 0.6 is 11.6 Å². The van der Waals surface area contributed by atoms with Crippen LogP contribution < -0.4 is 0 Å². The Kier molecular flexibility index (Phi) is 1.73. The first-order valence-corrected chi connectivity index (χ1v) is 4.24. The van der Waals surface area contributed by atoms with E-state index in [1.165, 1.54) is 12.4 Å². The van der Waals surface area contributed by atoms with Gasteiger partial charge in [0.15, 0.2) is 0 Å². The lowest BCUT2D eigenvalue weighted by molar-refractivity contribution is -0.140. The number of carboxylic acid groups (broad SMARTS) is 1. The van der Waals surface area contributed by atoms with Crippen molar-refractivity contribution in [3.05, 3.63) is 23.2 Å². The van der Waals surface area contributed by atoms with Crippen molar-refractivity contribution >= 4 is 17.6 Å². The quantitative estimate of drug-likeness (QED) is 0.777. The zero-order valence-electron chi connectivity index (χ0n) is 6.70. The van der Waals surface area contributed by atoms with Gasteiger partial charge in [-0.2, -0.15) is 0 Å². The molecule has 0 bridgehead atoms. The third-order valence-corrected chi connectivity index (χ3v) is 2.47. The maximum Gasteiger partial charge on any atom is 0.315 e. The smallest absolute Gasteiger partial charge is 0.315 e. The number of halogens is 1. The van der Waals surface area contributed by atoms with Crippen molar-refractivity contribution in [3.8, 4) is 0 Å². The highest BCUT2D eigenvalue weighted by atomic mass is 35.5. The van der Waals surface area contributed by atoms with E-state index in [-0.39, 0.29) is 5.15 Å². The molecule has 13 heavy (non-hydrogen) atoms. The average Bonchev–Trinajstić information content (AvgIpc) is 2.86. The molecule has 0 radical (unpaired) electrons. The van der Waals surface area contributed by atoms with Crippen LogP contribution in [0.3, 0.4) is 0 Å². The maximum absolute atomic E-state index is 10.9. The van der Waals surface area contributed by atoms with Crippen LogP contribution in [-0.2, 0) is 10.2 Å². The molecule has 2 rings (SSSR count). The Morgan fingerprint density at radius 1 is 1.46 bits per heavy atom. The first kappa shape index (κ1) is 8.44. The summed E-state index contributed by atoms with van der Waals surface area (Å²) in [6.07, 6.45) is 4.08. The normalized spacial score (nSPS) is 18.2. The molecule has 1 saturated carbocycles. The summed E-state index contributed by atoms with van der Waals surface area (Å²) in [7, 11) is 0. The lowest BCUT2D eigenvalue weighted by Crippen LogP contribution is -2.20. The van der Waals surface area contributed by atoms with E-state index in [4.69, 9.17) is 16.7 Å². The summed E-state index contributed by atoms with van der Waals surface area (Å²) in [5, 5.41) is 9.21. The second-order valence-corrected chi connectivity index (χ2v) is 3.50. The fourth-order valence-electron chi connectivity index (χ4n) is 1.26. The standard InChI is InChI=1S/C8H7ClN2O2/c9-6-4-10-5(3-11-6)8(1-2-8)7(12)13/h3-4H,1-2H2,(H,12,13). The van der Waals surface area contributed by atoms with Crippen LogP contribution in [0.4, 0.5) is 0 Å². The van der Waals surface area contributed by atoms with Gasteiger partial charge < -0.3 is 5.11 Å². The molecule has 0 amide bonds. The number of carbonyl (C=O) groups is 1. The molecule has 0 atom stereocenters. The van der Waals surface area contributed by atoms with E-state index in [1.54, 1.807) is 0 Å². The van der Waals surface area contributed by atoms with Crippen LogP contribution in [0.5, 0.6) is 0 Å². The monoisotopic (exact) mass is 198 g/mol. The second kappa shape index (κ2) is 2.67. The lowest BCUT2D eigenvalue weighted by atomic mass is 10.0. The van der Waals surface area contributed by atoms with E-state index >= 15 is 0 Å². The third kappa shape index (κ3) is 1.27. The van der Waals surface area contributed by atoms with Crippen LogP contribution in [0.15, 0.2) is 12.4 Å². The Bertz CT molecular complexity index is 346. The van der Waals surface area contributed by atoms with Gasteiger partial charge in [-0.1, -0.05) is 11.6 Å². The highest BCUT2D eigenvalue weighted by Crippen LogP contribution is 2.47. The van der Waals surface area contributed by atoms with Crippen molar-refractivity contribution in [1.82, 2.24) is 9.97 Å². The average molecular weight is 199 g/mol. The molecule has 0 unspecified atom stereocenters. The lowest BCUT2D eigenvalue weighted by Gasteiger charge is -2.07. The molecule has 1 aliphatic carbocycles. The van der Waals surface area contributed by atoms with Crippen molar-refractivity contribution in [2.45, 2.75) is 18.3 Å².